The Balaban J connectivity index is 0.000000230. The molecule has 0 saturated carbocycles. The van der Waals surface area contributed by atoms with Gasteiger partial charge >= 0.3 is 0 Å². The van der Waals surface area contributed by atoms with Gasteiger partial charge in [-0.05, 0) is 62.9 Å². The van der Waals surface area contributed by atoms with Crippen LogP contribution in [-0.2, 0) is 20.1 Å². The zero-order valence-corrected chi connectivity index (χ0v) is 32.9. The minimum atomic E-state index is -1.23. The van der Waals surface area contributed by atoms with Crippen molar-refractivity contribution in [3.63, 3.8) is 0 Å². The summed E-state index contributed by atoms with van der Waals surface area (Å²) in [7, 11) is -1.23. The third-order valence-corrected chi connectivity index (χ3v) is 11.0. The monoisotopic (exact) mass is 858 g/mol. The van der Waals surface area contributed by atoms with E-state index < -0.39 is 14.0 Å². The Morgan fingerprint density at radius 1 is 0.647 bits per heavy atom. The molecule has 0 unspecified atom stereocenters. The first-order chi connectivity index (χ1) is 24.5. The summed E-state index contributed by atoms with van der Waals surface area (Å²) in [4.78, 5) is 9.09. The average Bonchev–Trinajstić information content (AvgIpc) is 3.54. The molecule has 51 heavy (non-hydrogen) atoms. The van der Waals surface area contributed by atoms with Gasteiger partial charge in [-0.1, -0.05) is 129 Å². The van der Waals surface area contributed by atoms with Gasteiger partial charge in [-0.25, -0.2) is 0 Å². The van der Waals surface area contributed by atoms with Gasteiger partial charge in [0.05, 0.1) is 13.7 Å². The van der Waals surface area contributed by atoms with Gasteiger partial charge < -0.3 is 14.4 Å². The molecule has 5 heteroatoms. The smallest absolute Gasteiger partial charge is 0.121 e. The number of pyridine rings is 2. The van der Waals surface area contributed by atoms with Crippen molar-refractivity contribution in [3.8, 4) is 44.8 Å². The maximum Gasteiger partial charge on any atom is 0.121 e. The summed E-state index contributed by atoms with van der Waals surface area (Å²) >= 11 is 0. The fourth-order valence-corrected chi connectivity index (χ4v) is 7.08. The number of nitrogens with zero attached hydrogens (tertiary/aromatic N) is 2. The Morgan fingerprint density at radius 3 is 2.10 bits per heavy atom. The minimum absolute atomic E-state index is 0. The Hall–Kier alpha value is -4.93. The SMILES string of the molecule is C[Si](C)(C)c1ccc(-c2[c-]cccc2)nc1.[2H]C(C)(C)c1ccnc(-c2[c-]ccc3c2oc2cc(-c4cccc(-c5ccccc5)c4)ccc23)c1.[Ir]. The van der Waals surface area contributed by atoms with Crippen LogP contribution in [0.2, 0.25) is 19.6 Å². The van der Waals surface area contributed by atoms with Crippen molar-refractivity contribution in [2.45, 2.75) is 39.4 Å². The summed E-state index contributed by atoms with van der Waals surface area (Å²) in [5.41, 5.74) is 10.8. The summed E-state index contributed by atoms with van der Waals surface area (Å²) < 4.78 is 14.8. The number of hydrogen-bond acceptors (Lipinski definition) is 3. The van der Waals surface area contributed by atoms with Crippen LogP contribution in [0.5, 0.6) is 0 Å². The summed E-state index contributed by atoms with van der Waals surface area (Å²) in [6.07, 6.45) is 3.77. The molecule has 8 aromatic rings. The van der Waals surface area contributed by atoms with Crippen molar-refractivity contribution in [2.75, 3.05) is 0 Å². The first kappa shape index (κ1) is 34.5. The van der Waals surface area contributed by atoms with Crippen LogP contribution in [0.3, 0.4) is 0 Å². The molecule has 0 bridgehead atoms. The molecule has 255 valence electrons. The maximum atomic E-state index is 8.40. The second-order valence-corrected chi connectivity index (χ2v) is 18.8. The quantitative estimate of drug-likeness (QED) is 0.124. The van der Waals surface area contributed by atoms with E-state index in [1.807, 2.05) is 74.6 Å². The number of rotatable bonds is 6. The first-order valence-corrected chi connectivity index (χ1v) is 20.5. The second-order valence-electron chi connectivity index (χ2n) is 13.7. The van der Waals surface area contributed by atoms with E-state index in [-0.39, 0.29) is 20.1 Å². The van der Waals surface area contributed by atoms with E-state index >= 15 is 0 Å². The summed E-state index contributed by atoms with van der Waals surface area (Å²) in [5.74, 6) is -0.706. The molecular weight excluding hydrogens is 817 g/mol. The molecule has 3 heterocycles. The van der Waals surface area contributed by atoms with E-state index in [0.717, 1.165) is 61.1 Å². The molecule has 0 saturated heterocycles. The van der Waals surface area contributed by atoms with Gasteiger partial charge in [-0.15, -0.1) is 54.1 Å². The molecule has 8 rings (SSSR count). The Morgan fingerprint density at radius 2 is 1.39 bits per heavy atom. The predicted molar refractivity (Wildman–Crippen MR) is 212 cm³/mol. The molecule has 0 atom stereocenters. The van der Waals surface area contributed by atoms with Crippen LogP contribution in [0, 0.1) is 12.1 Å². The fraction of sp³-hybridized carbons (Fsp3) is 0.130. The van der Waals surface area contributed by atoms with Crippen LogP contribution in [-0.4, -0.2) is 18.0 Å². The number of hydrogen-bond donors (Lipinski definition) is 0. The molecule has 0 amide bonds. The van der Waals surface area contributed by atoms with Crippen LogP contribution in [0.4, 0.5) is 0 Å². The Bertz CT molecular complexity index is 2430. The largest absolute Gasteiger partial charge is 0.501 e. The third-order valence-electron chi connectivity index (χ3n) is 8.94. The molecule has 0 spiro atoms. The number of fused-ring (bicyclic) bond motifs is 3. The van der Waals surface area contributed by atoms with Crippen molar-refractivity contribution in [1.82, 2.24) is 9.97 Å². The second kappa shape index (κ2) is 15.5. The molecule has 0 aliphatic carbocycles. The zero-order valence-electron chi connectivity index (χ0n) is 30.5. The van der Waals surface area contributed by atoms with Gasteiger partial charge in [-0.2, -0.15) is 0 Å². The van der Waals surface area contributed by atoms with E-state index in [0.29, 0.717) is 0 Å². The molecule has 0 N–H and O–H groups in total. The van der Waals surface area contributed by atoms with Crippen LogP contribution in [0.25, 0.3) is 66.7 Å². The van der Waals surface area contributed by atoms with Gasteiger partial charge in [-0.3, -0.25) is 0 Å². The molecule has 0 aliphatic heterocycles. The molecule has 1 radical (unpaired) electrons. The third kappa shape index (κ3) is 8.02. The number of benzene rings is 5. The molecule has 3 nitrogen and oxygen atoms in total. The summed E-state index contributed by atoms with van der Waals surface area (Å²) in [6.45, 7) is 10.8. The minimum Gasteiger partial charge on any atom is -0.501 e. The summed E-state index contributed by atoms with van der Waals surface area (Å²) in [5, 5.41) is 3.50. The van der Waals surface area contributed by atoms with E-state index in [1.165, 1.54) is 16.3 Å². The van der Waals surface area contributed by atoms with Crippen LogP contribution in [0.15, 0.2) is 150 Å². The van der Waals surface area contributed by atoms with Gasteiger partial charge in [0.1, 0.15) is 5.58 Å². The zero-order chi connectivity index (χ0) is 35.6. The molecular formula is C46H40IrN2OSi-2. The molecule has 0 fully saturated rings. The van der Waals surface area contributed by atoms with E-state index in [1.54, 1.807) is 6.20 Å². The average molecular weight is 858 g/mol. The van der Waals surface area contributed by atoms with Crippen molar-refractivity contribution in [3.05, 3.63) is 164 Å². The first-order valence-electron chi connectivity index (χ1n) is 17.5. The topological polar surface area (TPSA) is 38.9 Å². The normalized spacial score (nSPS) is 11.7. The van der Waals surface area contributed by atoms with Gasteiger partial charge in [0.15, 0.2) is 0 Å². The van der Waals surface area contributed by atoms with Gasteiger partial charge in [0.25, 0.3) is 0 Å². The standard InChI is InChI=1S/C32H24NO.C14H16NSi.Ir/c1-21(2)23-16-17-33-30(19-23)29-13-7-12-28-27-15-14-26(20-31(27)34-32(28)29)25-11-6-10-24(18-25)22-8-4-3-5-9-22;1-16(2,3)13-9-10-14(15-11-13)12-7-5-4-6-8-12;/h3-12,14-21H,1-2H3;4-7,9-11H,1-3H3;/q2*-1;/i21D;;. The van der Waals surface area contributed by atoms with E-state index in [9.17, 15) is 0 Å². The van der Waals surface area contributed by atoms with Crippen LogP contribution in [0.1, 0.15) is 26.7 Å². The van der Waals surface area contributed by atoms with Crippen molar-refractivity contribution in [1.29, 1.82) is 0 Å². The molecule has 5 aromatic carbocycles. The summed E-state index contributed by atoms with van der Waals surface area (Å²) in [6, 6.07) is 52.0. The van der Waals surface area contributed by atoms with Crippen LogP contribution < -0.4 is 5.19 Å². The van der Waals surface area contributed by atoms with Crippen molar-refractivity contribution < 1.29 is 25.9 Å². The molecule has 3 aromatic heterocycles. The Kier molecular flexibility index (Phi) is 10.5. The maximum absolute atomic E-state index is 8.40. The van der Waals surface area contributed by atoms with E-state index in [2.05, 4.69) is 121 Å². The van der Waals surface area contributed by atoms with E-state index in [4.69, 9.17) is 5.79 Å². The van der Waals surface area contributed by atoms with Crippen molar-refractivity contribution in [2.24, 2.45) is 0 Å². The number of aromatic nitrogens is 2. The van der Waals surface area contributed by atoms with Crippen LogP contribution >= 0.6 is 0 Å². The Labute approximate surface area is 317 Å². The number of furan rings is 1. The van der Waals surface area contributed by atoms with Gasteiger partial charge in [0.2, 0.25) is 0 Å². The molecule has 0 aliphatic rings. The van der Waals surface area contributed by atoms with Crippen molar-refractivity contribution >= 4 is 35.2 Å². The predicted octanol–water partition coefficient (Wildman–Crippen LogP) is 12.0. The fourth-order valence-electron chi connectivity index (χ4n) is 6.05. The van der Waals surface area contributed by atoms with Gasteiger partial charge in [0, 0.05) is 39.3 Å².